The van der Waals surface area contributed by atoms with Gasteiger partial charge in [0, 0.05) is 10.6 Å². The van der Waals surface area contributed by atoms with Gasteiger partial charge in [-0.15, -0.1) is 5.10 Å². The Morgan fingerprint density at radius 1 is 1.05 bits per heavy atom. The standard InChI is InChI=1S/C14H11ClN4/c1-10-7-8-12(15)9-13(10)19-14(16-17-18-19)11-5-3-2-4-6-11/h2-9H,1H3. The normalized spacial score (nSPS) is 10.6. The van der Waals surface area contributed by atoms with E-state index < -0.39 is 0 Å². The molecule has 3 aromatic rings. The molecule has 0 fully saturated rings. The van der Waals surface area contributed by atoms with E-state index in [4.69, 9.17) is 11.6 Å². The zero-order valence-electron chi connectivity index (χ0n) is 10.3. The van der Waals surface area contributed by atoms with Gasteiger partial charge in [-0.2, -0.15) is 4.68 Å². The molecule has 1 aromatic heterocycles. The number of benzene rings is 2. The number of hydrogen-bond acceptors (Lipinski definition) is 3. The van der Waals surface area contributed by atoms with Gasteiger partial charge in [0.2, 0.25) is 0 Å². The highest BCUT2D eigenvalue weighted by Gasteiger charge is 2.12. The Labute approximate surface area is 115 Å². The fourth-order valence-corrected chi connectivity index (χ4v) is 2.09. The molecule has 0 bridgehead atoms. The molecular formula is C14H11ClN4. The van der Waals surface area contributed by atoms with Gasteiger partial charge < -0.3 is 0 Å². The van der Waals surface area contributed by atoms with Gasteiger partial charge in [-0.05, 0) is 35.0 Å². The second-order valence-corrected chi connectivity index (χ2v) is 4.65. The average Bonchev–Trinajstić information content (AvgIpc) is 2.91. The largest absolute Gasteiger partial charge is 0.192 e. The maximum Gasteiger partial charge on any atom is 0.187 e. The van der Waals surface area contributed by atoms with E-state index in [-0.39, 0.29) is 0 Å². The van der Waals surface area contributed by atoms with Crippen molar-refractivity contribution in [3.8, 4) is 17.1 Å². The minimum atomic E-state index is 0.662. The van der Waals surface area contributed by atoms with Crippen molar-refractivity contribution in [2.75, 3.05) is 0 Å². The molecule has 5 heteroatoms. The van der Waals surface area contributed by atoms with Crippen LogP contribution in [-0.4, -0.2) is 20.2 Å². The number of tetrazole rings is 1. The number of aromatic nitrogens is 4. The summed E-state index contributed by atoms with van der Waals surface area (Å²) in [6, 6.07) is 15.5. The predicted octanol–water partition coefficient (Wildman–Crippen LogP) is 3.29. The Bertz CT molecular complexity index is 706. The first-order valence-electron chi connectivity index (χ1n) is 5.86. The molecule has 19 heavy (non-hydrogen) atoms. The summed E-state index contributed by atoms with van der Waals surface area (Å²) in [6.07, 6.45) is 0. The molecule has 4 nitrogen and oxygen atoms in total. The molecule has 0 aliphatic carbocycles. The van der Waals surface area contributed by atoms with Crippen LogP contribution in [0.25, 0.3) is 17.1 Å². The van der Waals surface area contributed by atoms with Gasteiger partial charge in [0.05, 0.1) is 5.69 Å². The Morgan fingerprint density at radius 2 is 1.84 bits per heavy atom. The molecule has 0 unspecified atom stereocenters. The monoisotopic (exact) mass is 270 g/mol. The first-order valence-corrected chi connectivity index (χ1v) is 6.24. The quantitative estimate of drug-likeness (QED) is 0.718. The molecule has 0 radical (unpaired) electrons. The van der Waals surface area contributed by atoms with Crippen LogP contribution < -0.4 is 0 Å². The van der Waals surface area contributed by atoms with Crippen molar-refractivity contribution in [3.63, 3.8) is 0 Å². The van der Waals surface area contributed by atoms with Crippen molar-refractivity contribution in [2.24, 2.45) is 0 Å². The fraction of sp³-hybridized carbons (Fsp3) is 0.0714. The first kappa shape index (κ1) is 11.9. The maximum atomic E-state index is 6.05. The molecule has 0 atom stereocenters. The lowest BCUT2D eigenvalue weighted by atomic mass is 10.2. The highest BCUT2D eigenvalue weighted by Crippen LogP contribution is 2.23. The van der Waals surface area contributed by atoms with Gasteiger partial charge in [-0.1, -0.05) is 48.0 Å². The number of rotatable bonds is 2. The van der Waals surface area contributed by atoms with Crippen molar-refractivity contribution in [1.29, 1.82) is 0 Å². The third-order valence-electron chi connectivity index (χ3n) is 2.90. The molecule has 0 aliphatic heterocycles. The van der Waals surface area contributed by atoms with Gasteiger partial charge >= 0.3 is 0 Å². The van der Waals surface area contributed by atoms with Gasteiger partial charge in [0.25, 0.3) is 0 Å². The van der Waals surface area contributed by atoms with E-state index in [0.717, 1.165) is 16.8 Å². The summed E-state index contributed by atoms with van der Waals surface area (Å²) in [6.45, 7) is 2.00. The van der Waals surface area contributed by atoms with Crippen LogP contribution in [0.3, 0.4) is 0 Å². The van der Waals surface area contributed by atoms with Crippen LogP contribution >= 0.6 is 11.6 Å². The zero-order chi connectivity index (χ0) is 13.2. The number of halogens is 1. The van der Waals surface area contributed by atoms with Crippen LogP contribution in [-0.2, 0) is 0 Å². The van der Waals surface area contributed by atoms with Crippen molar-refractivity contribution >= 4 is 11.6 Å². The molecule has 0 aliphatic rings. The smallest absolute Gasteiger partial charge is 0.187 e. The summed E-state index contributed by atoms with van der Waals surface area (Å²) in [5.41, 5.74) is 2.91. The zero-order valence-corrected chi connectivity index (χ0v) is 11.0. The van der Waals surface area contributed by atoms with Crippen molar-refractivity contribution in [3.05, 3.63) is 59.1 Å². The second-order valence-electron chi connectivity index (χ2n) is 4.21. The number of nitrogens with zero attached hydrogens (tertiary/aromatic N) is 4. The number of aryl methyl sites for hydroxylation is 1. The summed E-state index contributed by atoms with van der Waals surface area (Å²) in [4.78, 5) is 0. The van der Waals surface area contributed by atoms with E-state index in [0.29, 0.717) is 10.8 Å². The van der Waals surface area contributed by atoms with Crippen LogP contribution in [0.2, 0.25) is 5.02 Å². The Balaban J connectivity index is 2.18. The van der Waals surface area contributed by atoms with E-state index in [2.05, 4.69) is 15.5 Å². The Morgan fingerprint density at radius 3 is 2.63 bits per heavy atom. The molecule has 0 saturated carbocycles. The molecule has 0 amide bonds. The van der Waals surface area contributed by atoms with E-state index in [1.807, 2.05) is 55.5 Å². The third kappa shape index (κ3) is 2.22. The van der Waals surface area contributed by atoms with E-state index in [1.54, 1.807) is 4.68 Å². The fourth-order valence-electron chi connectivity index (χ4n) is 1.93. The van der Waals surface area contributed by atoms with Crippen LogP contribution in [0.5, 0.6) is 0 Å². The lowest BCUT2D eigenvalue weighted by Crippen LogP contribution is -2.02. The van der Waals surface area contributed by atoms with Crippen LogP contribution in [0, 0.1) is 6.92 Å². The summed E-state index contributed by atoms with van der Waals surface area (Å²) in [7, 11) is 0. The first-order chi connectivity index (χ1) is 9.25. The molecule has 2 aromatic carbocycles. The summed E-state index contributed by atoms with van der Waals surface area (Å²) in [5.74, 6) is 0.700. The van der Waals surface area contributed by atoms with Crippen molar-refractivity contribution in [1.82, 2.24) is 20.2 Å². The van der Waals surface area contributed by atoms with Gasteiger partial charge in [-0.3, -0.25) is 0 Å². The lowest BCUT2D eigenvalue weighted by Gasteiger charge is -2.08. The summed E-state index contributed by atoms with van der Waals surface area (Å²) < 4.78 is 1.70. The second kappa shape index (κ2) is 4.82. The Kier molecular flexibility index (Phi) is 3.01. The maximum absolute atomic E-state index is 6.05. The predicted molar refractivity (Wildman–Crippen MR) is 74.3 cm³/mol. The van der Waals surface area contributed by atoms with Gasteiger partial charge in [-0.25, -0.2) is 0 Å². The minimum absolute atomic E-state index is 0.662. The van der Waals surface area contributed by atoms with E-state index >= 15 is 0 Å². The Hall–Kier alpha value is -2.20. The SMILES string of the molecule is Cc1ccc(Cl)cc1-n1nnnc1-c1ccccc1. The molecule has 0 spiro atoms. The highest BCUT2D eigenvalue weighted by atomic mass is 35.5. The molecule has 0 N–H and O–H groups in total. The summed E-state index contributed by atoms with van der Waals surface area (Å²) in [5, 5.41) is 12.6. The topological polar surface area (TPSA) is 43.6 Å². The minimum Gasteiger partial charge on any atom is -0.192 e. The molecule has 94 valence electrons. The molecule has 1 heterocycles. The van der Waals surface area contributed by atoms with Gasteiger partial charge in [0.1, 0.15) is 0 Å². The van der Waals surface area contributed by atoms with E-state index in [1.165, 1.54) is 0 Å². The van der Waals surface area contributed by atoms with E-state index in [9.17, 15) is 0 Å². The van der Waals surface area contributed by atoms with Crippen LogP contribution in [0.1, 0.15) is 5.56 Å². The van der Waals surface area contributed by atoms with Gasteiger partial charge in [0.15, 0.2) is 5.82 Å². The average molecular weight is 271 g/mol. The summed E-state index contributed by atoms with van der Waals surface area (Å²) >= 11 is 6.05. The van der Waals surface area contributed by atoms with Crippen molar-refractivity contribution in [2.45, 2.75) is 6.92 Å². The van der Waals surface area contributed by atoms with Crippen molar-refractivity contribution < 1.29 is 0 Å². The third-order valence-corrected chi connectivity index (χ3v) is 3.14. The molecule has 3 rings (SSSR count). The van der Waals surface area contributed by atoms with Crippen LogP contribution in [0.15, 0.2) is 48.5 Å². The molecular weight excluding hydrogens is 260 g/mol. The van der Waals surface area contributed by atoms with Crippen LogP contribution in [0.4, 0.5) is 0 Å². The number of hydrogen-bond donors (Lipinski definition) is 0. The highest BCUT2D eigenvalue weighted by molar-refractivity contribution is 6.30. The molecule has 0 saturated heterocycles. The lowest BCUT2D eigenvalue weighted by molar-refractivity contribution is 0.787.